The Kier molecular flexibility index (Phi) is 5.60. The first-order valence-electron chi connectivity index (χ1n) is 10.2. The molecule has 2 aromatic rings. The Bertz CT molecular complexity index is 838. The van der Waals surface area contributed by atoms with E-state index in [0.29, 0.717) is 0 Å². The van der Waals surface area contributed by atoms with Gasteiger partial charge < -0.3 is 4.74 Å². The predicted molar refractivity (Wildman–Crippen MR) is 127 cm³/mol. The quantitative estimate of drug-likeness (QED) is 0.393. The Morgan fingerprint density at radius 1 is 0.714 bits per heavy atom. The maximum absolute atomic E-state index is 6.54. The lowest BCUT2D eigenvalue weighted by Crippen LogP contribution is -2.32. The van der Waals surface area contributed by atoms with Gasteiger partial charge in [0.2, 0.25) is 0 Å². The van der Waals surface area contributed by atoms with Crippen molar-refractivity contribution in [2.45, 2.75) is 84.5 Å². The van der Waals surface area contributed by atoms with Gasteiger partial charge in [0.05, 0.1) is 8.95 Å². The van der Waals surface area contributed by atoms with Crippen molar-refractivity contribution in [3.8, 4) is 11.5 Å². The predicted octanol–water partition coefficient (Wildman–Crippen LogP) is 9.02. The number of benzene rings is 2. The van der Waals surface area contributed by atoms with E-state index < -0.39 is 0 Å². The molecule has 0 saturated carbocycles. The molecular weight excluding hydrogens is 476 g/mol. The van der Waals surface area contributed by atoms with E-state index in [0.717, 1.165) is 33.3 Å². The molecule has 1 aliphatic heterocycles. The summed E-state index contributed by atoms with van der Waals surface area (Å²) in [6.45, 7) is 18.2. The Hall–Kier alpha value is -0.800. The molecule has 0 radical (unpaired) electrons. The molecule has 2 aromatic carbocycles. The first kappa shape index (κ1) is 21.9. The maximum Gasteiger partial charge on any atom is 0.145 e. The second-order valence-corrected chi connectivity index (χ2v) is 11.8. The number of hydrogen-bond acceptors (Lipinski definition) is 1. The summed E-state index contributed by atoms with van der Waals surface area (Å²) in [4.78, 5) is 0. The van der Waals surface area contributed by atoms with Crippen LogP contribution in [0.3, 0.4) is 0 Å². The average Bonchev–Trinajstić information content (AvgIpc) is 2.59. The van der Waals surface area contributed by atoms with Gasteiger partial charge in [-0.2, -0.15) is 0 Å². The van der Waals surface area contributed by atoms with Gasteiger partial charge >= 0.3 is 0 Å². The van der Waals surface area contributed by atoms with Gasteiger partial charge in [-0.05, 0) is 78.8 Å². The number of rotatable bonds is 2. The Balaban J connectivity index is 2.38. The van der Waals surface area contributed by atoms with Crippen LogP contribution in [0.25, 0.3) is 0 Å². The lowest BCUT2D eigenvalue weighted by atomic mass is 9.66. The van der Waals surface area contributed by atoms with Crippen molar-refractivity contribution in [3.05, 3.63) is 55.5 Å². The minimum Gasteiger partial charge on any atom is -0.454 e. The van der Waals surface area contributed by atoms with Gasteiger partial charge in [0.25, 0.3) is 0 Å². The smallest absolute Gasteiger partial charge is 0.145 e. The molecule has 3 heteroatoms. The van der Waals surface area contributed by atoms with Crippen LogP contribution in [0.15, 0.2) is 33.2 Å². The molecule has 0 aromatic heterocycles. The van der Waals surface area contributed by atoms with Crippen LogP contribution in [0, 0.1) is 0 Å². The third-order valence-corrected chi connectivity index (χ3v) is 7.44. The van der Waals surface area contributed by atoms with Gasteiger partial charge in [0, 0.05) is 16.5 Å². The zero-order valence-electron chi connectivity index (χ0n) is 18.4. The number of halogens is 2. The largest absolute Gasteiger partial charge is 0.454 e. The highest BCUT2D eigenvalue weighted by Crippen LogP contribution is 2.57. The fourth-order valence-corrected chi connectivity index (χ4v) is 5.31. The number of hydrogen-bond donors (Lipinski definition) is 0. The van der Waals surface area contributed by atoms with Crippen LogP contribution >= 0.6 is 31.9 Å². The summed E-state index contributed by atoms with van der Waals surface area (Å²) in [7, 11) is 0. The Morgan fingerprint density at radius 3 is 1.36 bits per heavy atom. The van der Waals surface area contributed by atoms with Gasteiger partial charge in [-0.3, -0.25) is 0 Å². The summed E-state index contributed by atoms with van der Waals surface area (Å²) >= 11 is 7.64. The van der Waals surface area contributed by atoms with Crippen molar-refractivity contribution in [1.82, 2.24) is 0 Å². The molecule has 0 N–H and O–H groups in total. The van der Waals surface area contributed by atoms with Crippen LogP contribution in [0.2, 0.25) is 0 Å². The van der Waals surface area contributed by atoms with Gasteiger partial charge in [0.1, 0.15) is 11.5 Å². The standard InChI is InChI=1S/C25H32Br2O/c1-9-25(10-2)17-11-15(23(3,4)5)13-19(26)21(17)28-22-18(25)12-16(14-20(22)27)24(6,7)8/h11-14H,9-10H2,1-8H3. The van der Waals surface area contributed by atoms with E-state index in [1.165, 1.54) is 22.3 Å². The molecule has 152 valence electrons. The van der Waals surface area contributed by atoms with Crippen LogP contribution in [0.4, 0.5) is 0 Å². The minimum absolute atomic E-state index is 0.0591. The van der Waals surface area contributed by atoms with Crippen molar-refractivity contribution in [3.63, 3.8) is 0 Å². The molecule has 1 aliphatic rings. The van der Waals surface area contributed by atoms with Crippen LogP contribution in [0.1, 0.15) is 90.5 Å². The summed E-state index contributed by atoms with van der Waals surface area (Å²) in [5.74, 6) is 1.93. The highest BCUT2D eigenvalue weighted by molar-refractivity contribution is 9.11. The third kappa shape index (κ3) is 3.47. The van der Waals surface area contributed by atoms with Crippen molar-refractivity contribution in [2.24, 2.45) is 0 Å². The molecule has 3 rings (SSSR count). The fraction of sp³-hybridized carbons (Fsp3) is 0.520. The molecule has 28 heavy (non-hydrogen) atoms. The van der Waals surface area contributed by atoms with Crippen molar-refractivity contribution >= 4 is 31.9 Å². The van der Waals surface area contributed by atoms with Crippen LogP contribution in [-0.2, 0) is 16.2 Å². The minimum atomic E-state index is -0.0591. The zero-order valence-corrected chi connectivity index (χ0v) is 21.6. The molecule has 0 unspecified atom stereocenters. The first-order chi connectivity index (χ1) is 12.8. The SMILES string of the molecule is CCC1(CC)c2cc(C(C)(C)C)cc(Br)c2Oc2c(Br)cc(C(C)(C)C)cc21. The van der Waals surface area contributed by atoms with E-state index in [-0.39, 0.29) is 16.2 Å². The molecule has 0 aliphatic carbocycles. The lowest BCUT2D eigenvalue weighted by Gasteiger charge is -2.41. The van der Waals surface area contributed by atoms with Crippen molar-refractivity contribution in [1.29, 1.82) is 0 Å². The number of ether oxygens (including phenoxy) is 1. The summed E-state index contributed by atoms with van der Waals surface area (Å²) in [5, 5.41) is 0. The second-order valence-electron chi connectivity index (χ2n) is 10.1. The molecular formula is C25H32Br2O. The Labute approximate surface area is 187 Å². The van der Waals surface area contributed by atoms with Gasteiger partial charge in [-0.25, -0.2) is 0 Å². The summed E-state index contributed by atoms with van der Waals surface area (Å²) in [6, 6.07) is 9.20. The molecule has 0 fully saturated rings. The van der Waals surface area contributed by atoms with E-state index >= 15 is 0 Å². The molecule has 1 heterocycles. The van der Waals surface area contributed by atoms with Crippen molar-refractivity contribution < 1.29 is 4.74 Å². The van der Waals surface area contributed by atoms with Gasteiger partial charge in [-0.1, -0.05) is 67.5 Å². The highest BCUT2D eigenvalue weighted by Gasteiger charge is 2.42. The van der Waals surface area contributed by atoms with E-state index in [4.69, 9.17) is 4.74 Å². The number of fused-ring (bicyclic) bond motifs is 2. The maximum atomic E-state index is 6.54. The normalized spacial score (nSPS) is 15.6. The van der Waals surface area contributed by atoms with E-state index in [1.54, 1.807) is 0 Å². The zero-order chi connectivity index (χ0) is 21.1. The van der Waals surface area contributed by atoms with Crippen LogP contribution in [-0.4, -0.2) is 0 Å². The molecule has 0 saturated heterocycles. The van der Waals surface area contributed by atoms with E-state index in [9.17, 15) is 0 Å². The lowest BCUT2D eigenvalue weighted by molar-refractivity contribution is 0.368. The average molecular weight is 508 g/mol. The second kappa shape index (κ2) is 7.16. The van der Waals surface area contributed by atoms with Crippen LogP contribution < -0.4 is 4.74 Å². The monoisotopic (exact) mass is 506 g/mol. The molecule has 1 nitrogen and oxygen atoms in total. The summed E-state index contributed by atoms with van der Waals surface area (Å²) in [6.07, 6.45) is 2.07. The third-order valence-electron chi connectivity index (χ3n) is 6.26. The van der Waals surface area contributed by atoms with E-state index in [1.807, 2.05) is 0 Å². The van der Waals surface area contributed by atoms with Crippen molar-refractivity contribution in [2.75, 3.05) is 0 Å². The highest BCUT2D eigenvalue weighted by atomic mass is 79.9. The molecule has 0 atom stereocenters. The topological polar surface area (TPSA) is 9.23 Å². The summed E-state index contributed by atoms with van der Waals surface area (Å²) in [5.41, 5.74) is 5.39. The van der Waals surface area contributed by atoms with Gasteiger partial charge in [-0.15, -0.1) is 0 Å². The summed E-state index contributed by atoms with van der Waals surface area (Å²) < 4.78 is 8.62. The van der Waals surface area contributed by atoms with Crippen LogP contribution in [0.5, 0.6) is 11.5 Å². The Morgan fingerprint density at radius 2 is 1.07 bits per heavy atom. The first-order valence-corrected chi connectivity index (χ1v) is 11.8. The molecule has 0 amide bonds. The van der Waals surface area contributed by atoms with E-state index in [2.05, 4.69) is 112 Å². The van der Waals surface area contributed by atoms with Gasteiger partial charge in [0.15, 0.2) is 0 Å². The fourth-order valence-electron chi connectivity index (χ4n) is 4.23. The molecule has 0 spiro atoms. The molecule has 0 bridgehead atoms.